The van der Waals surface area contributed by atoms with Gasteiger partial charge in [-0.3, -0.25) is 18.3 Å². The number of fused-ring (bicyclic) bond motifs is 3. The Bertz CT molecular complexity index is 1170. The zero-order valence-electron chi connectivity index (χ0n) is 16.9. The molecule has 1 aliphatic heterocycles. The van der Waals surface area contributed by atoms with E-state index in [4.69, 9.17) is 0 Å². The van der Waals surface area contributed by atoms with E-state index in [0.29, 0.717) is 30.0 Å². The van der Waals surface area contributed by atoms with E-state index in [0.717, 1.165) is 31.0 Å². The minimum Gasteiger partial charge on any atom is -0.310 e. The molecule has 1 saturated heterocycles. The van der Waals surface area contributed by atoms with E-state index < -0.39 is 0 Å². The Morgan fingerprint density at radius 3 is 2.43 bits per heavy atom. The summed E-state index contributed by atoms with van der Waals surface area (Å²) in [7, 11) is 1.69. The van der Waals surface area contributed by atoms with Crippen LogP contribution >= 0.6 is 0 Å². The molecule has 1 fully saturated rings. The first kappa shape index (κ1) is 18.7. The Morgan fingerprint density at radius 2 is 1.75 bits per heavy atom. The lowest BCUT2D eigenvalue weighted by atomic mass is 10.1. The average molecular weight is 384 g/mol. The van der Waals surface area contributed by atoms with Crippen LogP contribution in [0.15, 0.2) is 22.2 Å². The third-order valence-electron chi connectivity index (χ3n) is 6.03. The van der Waals surface area contributed by atoms with Crippen molar-refractivity contribution in [1.29, 1.82) is 0 Å². The maximum Gasteiger partial charge on any atom is 0.332 e. The first-order valence-corrected chi connectivity index (χ1v) is 9.96. The summed E-state index contributed by atoms with van der Waals surface area (Å²) < 4.78 is 6.76. The summed E-state index contributed by atoms with van der Waals surface area (Å²) in [5.74, 6) is 0.672. The fraction of sp³-hybridized carbons (Fsp3) is 0.550. The molecule has 8 nitrogen and oxygen atoms in total. The van der Waals surface area contributed by atoms with Crippen molar-refractivity contribution in [2.45, 2.75) is 46.2 Å². The van der Waals surface area contributed by atoms with Crippen molar-refractivity contribution in [2.75, 3.05) is 19.6 Å². The first-order valence-electron chi connectivity index (χ1n) is 9.96. The molecule has 150 valence electrons. The number of aryl methyl sites for hydroxylation is 2. The number of likely N-dealkylation sites (tertiary alicyclic amines) is 1. The molecule has 0 saturated carbocycles. The molecule has 0 aromatic carbocycles. The lowest BCUT2D eigenvalue weighted by molar-refractivity contribution is 0.218. The van der Waals surface area contributed by atoms with Gasteiger partial charge in [-0.25, -0.2) is 4.79 Å². The normalized spacial score (nSPS) is 15.7. The van der Waals surface area contributed by atoms with Gasteiger partial charge in [0.1, 0.15) is 0 Å². The van der Waals surface area contributed by atoms with Crippen molar-refractivity contribution in [3.63, 3.8) is 0 Å². The van der Waals surface area contributed by atoms with Crippen molar-refractivity contribution in [1.82, 2.24) is 28.0 Å². The number of hydrogen-bond donors (Lipinski definition) is 0. The Hall–Kier alpha value is -2.61. The number of piperidine rings is 1. The van der Waals surface area contributed by atoms with E-state index in [1.165, 1.54) is 28.4 Å². The third-order valence-corrected chi connectivity index (χ3v) is 6.03. The van der Waals surface area contributed by atoms with Crippen LogP contribution in [0.25, 0.3) is 16.9 Å². The largest absolute Gasteiger partial charge is 0.332 e. The Morgan fingerprint density at radius 1 is 1.04 bits per heavy atom. The standard InChI is InChI=1S/C20H28N6O2/c1-5-9-24-14(2)15(3)26-16-17(21-19(24)26)22(4)20(28)25(18(16)27)13-12-23-10-7-6-8-11-23/h5H,1,6-13H2,2-4H3. The number of rotatable bonds is 5. The molecule has 8 heteroatoms. The highest BCUT2D eigenvalue weighted by Crippen LogP contribution is 2.20. The van der Waals surface area contributed by atoms with E-state index in [1.807, 2.05) is 28.9 Å². The van der Waals surface area contributed by atoms with Crippen LogP contribution in [-0.4, -0.2) is 47.6 Å². The average Bonchev–Trinajstić information content (AvgIpc) is 3.19. The number of allylic oxidation sites excluding steroid dienone is 1. The van der Waals surface area contributed by atoms with Gasteiger partial charge in [-0.15, -0.1) is 6.58 Å². The van der Waals surface area contributed by atoms with Gasteiger partial charge in [0.15, 0.2) is 11.2 Å². The minimum atomic E-state index is -0.306. The van der Waals surface area contributed by atoms with Crippen LogP contribution in [0, 0.1) is 13.8 Å². The molecule has 1 aliphatic rings. The van der Waals surface area contributed by atoms with E-state index in [2.05, 4.69) is 16.5 Å². The smallest absolute Gasteiger partial charge is 0.310 e. The van der Waals surface area contributed by atoms with Crippen molar-refractivity contribution in [3.8, 4) is 0 Å². The van der Waals surface area contributed by atoms with Crippen molar-refractivity contribution >= 4 is 16.9 Å². The van der Waals surface area contributed by atoms with Crippen LogP contribution < -0.4 is 11.2 Å². The van der Waals surface area contributed by atoms with Gasteiger partial charge < -0.3 is 9.47 Å². The predicted molar refractivity (Wildman–Crippen MR) is 110 cm³/mol. The molecule has 0 bridgehead atoms. The SMILES string of the molecule is C=CCn1c(C)c(C)n2c3c(=O)n(CCN4CCCCC4)c(=O)n(C)c3nc12. The molecule has 0 unspecified atom stereocenters. The Kier molecular flexibility index (Phi) is 4.74. The van der Waals surface area contributed by atoms with Gasteiger partial charge in [-0.1, -0.05) is 12.5 Å². The molecule has 0 amide bonds. The molecule has 0 aliphatic carbocycles. The predicted octanol–water partition coefficient (Wildman–Crippen LogP) is 1.44. The van der Waals surface area contributed by atoms with Crippen LogP contribution in [-0.2, 0) is 20.1 Å². The molecule has 0 radical (unpaired) electrons. The minimum absolute atomic E-state index is 0.263. The number of imidazole rings is 2. The molecule has 0 spiro atoms. The molecular formula is C20H28N6O2. The molecule has 3 aromatic heterocycles. The summed E-state index contributed by atoms with van der Waals surface area (Å²) in [4.78, 5) is 33.2. The Balaban J connectivity index is 1.89. The van der Waals surface area contributed by atoms with Crippen LogP contribution in [0.1, 0.15) is 30.7 Å². The van der Waals surface area contributed by atoms with Crippen LogP contribution in [0.4, 0.5) is 0 Å². The number of hydrogen-bond acceptors (Lipinski definition) is 4. The zero-order valence-corrected chi connectivity index (χ0v) is 16.9. The maximum absolute atomic E-state index is 13.3. The maximum atomic E-state index is 13.3. The van der Waals surface area contributed by atoms with Gasteiger partial charge in [0.2, 0.25) is 5.78 Å². The highest BCUT2D eigenvalue weighted by molar-refractivity contribution is 5.76. The molecule has 4 rings (SSSR count). The van der Waals surface area contributed by atoms with Gasteiger partial charge in [-0.05, 0) is 39.8 Å². The summed E-state index contributed by atoms with van der Waals surface area (Å²) in [6.07, 6.45) is 5.44. The van der Waals surface area contributed by atoms with Crippen molar-refractivity contribution in [3.05, 3.63) is 44.9 Å². The van der Waals surface area contributed by atoms with Crippen LogP contribution in [0.5, 0.6) is 0 Å². The molecule has 4 heterocycles. The van der Waals surface area contributed by atoms with Crippen LogP contribution in [0.3, 0.4) is 0 Å². The second kappa shape index (κ2) is 7.09. The molecule has 28 heavy (non-hydrogen) atoms. The monoisotopic (exact) mass is 384 g/mol. The summed E-state index contributed by atoms with van der Waals surface area (Å²) in [5, 5.41) is 0. The third kappa shape index (κ3) is 2.74. The second-order valence-electron chi connectivity index (χ2n) is 7.69. The molecule has 0 N–H and O–H groups in total. The van der Waals surface area contributed by atoms with E-state index >= 15 is 0 Å². The van der Waals surface area contributed by atoms with Crippen molar-refractivity contribution in [2.24, 2.45) is 7.05 Å². The fourth-order valence-corrected chi connectivity index (χ4v) is 4.28. The topological polar surface area (TPSA) is 69.5 Å². The summed E-state index contributed by atoms with van der Waals surface area (Å²) in [6, 6.07) is 0. The Labute approximate surface area is 163 Å². The molecular weight excluding hydrogens is 356 g/mol. The van der Waals surface area contributed by atoms with E-state index in [-0.39, 0.29) is 11.2 Å². The second-order valence-corrected chi connectivity index (χ2v) is 7.69. The highest BCUT2D eigenvalue weighted by atomic mass is 16.2. The van der Waals surface area contributed by atoms with Gasteiger partial charge in [0.25, 0.3) is 5.56 Å². The number of aromatic nitrogens is 5. The lowest BCUT2D eigenvalue weighted by Crippen LogP contribution is -2.43. The zero-order chi connectivity index (χ0) is 20.0. The van der Waals surface area contributed by atoms with E-state index in [9.17, 15) is 9.59 Å². The summed E-state index contributed by atoms with van der Waals surface area (Å²) in [6.45, 7) is 11.6. The van der Waals surface area contributed by atoms with Gasteiger partial charge in [-0.2, -0.15) is 4.98 Å². The first-order chi connectivity index (χ1) is 13.5. The quantitative estimate of drug-likeness (QED) is 0.624. The fourth-order valence-electron chi connectivity index (χ4n) is 4.28. The summed E-state index contributed by atoms with van der Waals surface area (Å²) >= 11 is 0. The van der Waals surface area contributed by atoms with Gasteiger partial charge >= 0.3 is 5.69 Å². The van der Waals surface area contributed by atoms with Crippen molar-refractivity contribution < 1.29 is 0 Å². The van der Waals surface area contributed by atoms with Crippen LogP contribution in [0.2, 0.25) is 0 Å². The lowest BCUT2D eigenvalue weighted by Gasteiger charge is -2.26. The van der Waals surface area contributed by atoms with Gasteiger partial charge in [0, 0.05) is 38.1 Å². The number of nitrogens with zero attached hydrogens (tertiary/aromatic N) is 6. The highest BCUT2D eigenvalue weighted by Gasteiger charge is 2.22. The van der Waals surface area contributed by atoms with E-state index in [1.54, 1.807) is 7.05 Å². The molecule has 3 aromatic rings. The molecule has 0 atom stereocenters. The van der Waals surface area contributed by atoms with Gasteiger partial charge in [0.05, 0.1) is 0 Å². The summed E-state index contributed by atoms with van der Waals surface area (Å²) in [5.41, 5.74) is 2.33.